The highest BCUT2D eigenvalue weighted by atomic mass is 16.5. The molecule has 1 N–H and O–H groups in total. The standard InChI is InChI=1S/C22H26N2O2/c1-26-18-12-10-17(11-13-18)19-5-2-3-6-20(19)23-22(25)21-7-4-14-24(21)15-16-8-9-16/h2-3,5-6,10-13,16,21H,4,7-9,14-15H2,1H3,(H,23,25)/t21-/m1/s1. The minimum atomic E-state index is 0.0134. The summed E-state index contributed by atoms with van der Waals surface area (Å²) in [4.78, 5) is 15.3. The molecule has 1 atom stereocenters. The Kier molecular flexibility index (Phi) is 4.93. The van der Waals surface area contributed by atoms with Crippen LogP contribution in [0.5, 0.6) is 5.75 Å². The summed E-state index contributed by atoms with van der Waals surface area (Å²) in [6.45, 7) is 2.13. The average molecular weight is 350 g/mol. The van der Waals surface area contributed by atoms with E-state index in [0.717, 1.165) is 54.4 Å². The van der Waals surface area contributed by atoms with Gasteiger partial charge in [0.1, 0.15) is 5.75 Å². The first-order valence-corrected chi connectivity index (χ1v) is 9.53. The van der Waals surface area contributed by atoms with Gasteiger partial charge in [0.05, 0.1) is 13.2 Å². The van der Waals surface area contributed by atoms with Crippen molar-refractivity contribution in [1.82, 2.24) is 4.90 Å². The number of ether oxygens (including phenoxy) is 1. The smallest absolute Gasteiger partial charge is 0.241 e. The van der Waals surface area contributed by atoms with Crippen molar-refractivity contribution in [3.63, 3.8) is 0 Å². The van der Waals surface area contributed by atoms with Gasteiger partial charge in [0.15, 0.2) is 0 Å². The molecule has 1 amide bonds. The average Bonchev–Trinajstić information content (AvgIpc) is 3.37. The lowest BCUT2D eigenvalue weighted by Crippen LogP contribution is -2.40. The molecular weight excluding hydrogens is 324 g/mol. The minimum absolute atomic E-state index is 0.0134. The fourth-order valence-corrected chi connectivity index (χ4v) is 3.80. The Morgan fingerprint density at radius 2 is 1.88 bits per heavy atom. The highest BCUT2D eigenvalue weighted by Crippen LogP contribution is 2.33. The number of carbonyl (C=O) groups excluding carboxylic acids is 1. The molecule has 0 aromatic heterocycles. The van der Waals surface area contributed by atoms with Crippen LogP contribution in [0.2, 0.25) is 0 Å². The number of anilines is 1. The largest absolute Gasteiger partial charge is 0.497 e. The van der Waals surface area contributed by atoms with E-state index in [2.05, 4.69) is 10.2 Å². The number of nitrogens with zero attached hydrogens (tertiary/aromatic N) is 1. The Morgan fingerprint density at radius 3 is 2.62 bits per heavy atom. The molecule has 0 bridgehead atoms. The van der Waals surface area contributed by atoms with Crippen LogP contribution in [0.25, 0.3) is 11.1 Å². The van der Waals surface area contributed by atoms with Crippen LogP contribution in [-0.2, 0) is 4.79 Å². The zero-order valence-corrected chi connectivity index (χ0v) is 15.3. The van der Waals surface area contributed by atoms with Gasteiger partial charge in [-0.15, -0.1) is 0 Å². The molecule has 0 spiro atoms. The van der Waals surface area contributed by atoms with Crippen molar-refractivity contribution in [2.45, 2.75) is 31.7 Å². The number of para-hydroxylation sites is 1. The fraction of sp³-hybridized carbons (Fsp3) is 0.409. The molecule has 2 fully saturated rings. The number of amides is 1. The lowest BCUT2D eigenvalue weighted by Gasteiger charge is -2.24. The predicted molar refractivity (Wildman–Crippen MR) is 104 cm³/mol. The predicted octanol–water partition coefficient (Wildman–Crippen LogP) is 4.18. The first kappa shape index (κ1) is 17.1. The quantitative estimate of drug-likeness (QED) is 0.850. The van der Waals surface area contributed by atoms with Crippen molar-refractivity contribution in [3.8, 4) is 16.9 Å². The van der Waals surface area contributed by atoms with Crippen LogP contribution in [0.15, 0.2) is 48.5 Å². The molecule has 1 aliphatic heterocycles. The van der Waals surface area contributed by atoms with Crippen molar-refractivity contribution >= 4 is 11.6 Å². The second kappa shape index (κ2) is 7.50. The van der Waals surface area contributed by atoms with E-state index in [4.69, 9.17) is 4.74 Å². The zero-order chi connectivity index (χ0) is 17.9. The maximum absolute atomic E-state index is 12.9. The van der Waals surface area contributed by atoms with Crippen LogP contribution < -0.4 is 10.1 Å². The first-order chi connectivity index (χ1) is 12.7. The summed E-state index contributed by atoms with van der Waals surface area (Å²) >= 11 is 0. The highest BCUT2D eigenvalue weighted by Gasteiger charge is 2.34. The third-order valence-corrected chi connectivity index (χ3v) is 5.44. The van der Waals surface area contributed by atoms with Gasteiger partial charge < -0.3 is 10.1 Å². The van der Waals surface area contributed by atoms with Gasteiger partial charge in [-0.3, -0.25) is 9.69 Å². The number of likely N-dealkylation sites (tertiary alicyclic amines) is 1. The molecule has 4 nitrogen and oxygen atoms in total. The van der Waals surface area contributed by atoms with Crippen molar-refractivity contribution in [1.29, 1.82) is 0 Å². The maximum atomic E-state index is 12.9. The number of benzene rings is 2. The summed E-state index contributed by atoms with van der Waals surface area (Å²) in [6, 6.07) is 16.0. The number of nitrogens with one attached hydrogen (secondary N) is 1. The number of carbonyl (C=O) groups is 1. The van der Waals surface area contributed by atoms with Gasteiger partial charge in [-0.2, -0.15) is 0 Å². The fourth-order valence-electron chi connectivity index (χ4n) is 3.80. The van der Waals surface area contributed by atoms with Crippen molar-refractivity contribution in [3.05, 3.63) is 48.5 Å². The van der Waals surface area contributed by atoms with Crippen molar-refractivity contribution in [2.24, 2.45) is 5.92 Å². The van der Waals surface area contributed by atoms with Gasteiger partial charge >= 0.3 is 0 Å². The SMILES string of the molecule is COc1ccc(-c2ccccc2NC(=O)[C@H]2CCCN2CC2CC2)cc1. The number of methoxy groups -OCH3 is 1. The Bertz CT molecular complexity index is 768. The van der Waals surface area contributed by atoms with Crippen LogP contribution in [0, 0.1) is 5.92 Å². The second-order valence-electron chi connectivity index (χ2n) is 7.36. The van der Waals surface area contributed by atoms with Crippen LogP contribution >= 0.6 is 0 Å². The van der Waals surface area contributed by atoms with E-state index >= 15 is 0 Å². The summed E-state index contributed by atoms with van der Waals surface area (Å²) in [5, 5.41) is 3.19. The van der Waals surface area contributed by atoms with E-state index in [1.54, 1.807) is 7.11 Å². The molecule has 2 aromatic rings. The molecular formula is C22H26N2O2. The van der Waals surface area contributed by atoms with Gasteiger partial charge in [0.25, 0.3) is 0 Å². The van der Waals surface area contributed by atoms with Crippen LogP contribution in [0.4, 0.5) is 5.69 Å². The molecule has 136 valence electrons. The number of hydrogen-bond donors (Lipinski definition) is 1. The van der Waals surface area contributed by atoms with Crippen molar-refractivity contribution in [2.75, 3.05) is 25.5 Å². The lowest BCUT2D eigenvalue weighted by molar-refractivity contribution is -0.120. The van der Waals surface area contributed by atoms with E-state index < -0.39 is 0 Å². The van der Waals surface area contributed by atoms with E-state index in [-0.39, 0.29) is 11.9 Å². The molecule has 1 heterocycles. The Morgan fingerprint density at radius 1 is 1.12 bits per heavy atom. The highest BCUT2D eigenvalue weighted by molar-refractivity contribution is 5.98. The molecule has 2 aromatic carbocycles. The number of rotatable bonds is 6. The van der Waals surface area contributed by atoms with E-state index in [1.807, 2.05) is 48.5 Å². The van der Waals surface area contributed by atoms with Crippen LogP contribution in [0.1, 0.15) is 25.7 Å². The first-order valence-electron chi connectivity index (χ1n) is 9.53. The summed E-state index contributed by atoms with van der Waals surface area (Å²) in [5.74, 6) is 1.77. The summed E-state index contributed by atoms with van der Waals surface area (Å²) in [5.41, 5.74) is 2.99. The summed E-state index contributed by atoms with van der Waals surface area (Å²) in [6.07, 6.45) is 4.73. The minimum Gasteiger partial charge on any atom is -0.497 e. The molecule has 0 unspecified atom stereocenters. The third-order valence-electron chi connectivity index (χ3n) is 5.44. The molecule has 1 saturated heterocycles. The molecule has 2 aliphatic rings. The molecule has 1 saturated carbocycles. The van der Waals surface area contributed by atoms with Crippen molar-refractivity contribution < 1.29 is 9.53 Å². The Labute approximate surface area is 155 Å². The molecule has 26 heavy (non-hydrogen) atoms. The van der Waals surface area contributed by atoms with E-state index in [9.17, 15) is 4.79 Å². The zero-order valence-electron chi connectivity index (χ0n) is 15.3. The van der Waals surface area contributed by atoms with Gasteiger partial charge in [-0.1, -0.05) is 30.3 Å². The second-order valence-corrected chi connectivity index (χ2v) is 7.36. The van der Waals surface area contributed by atoms with Gasteiger partial charge in [-0.25, -0.2) is 0 Å². The summed E-state index contributed by atoms with van der Waals surface area (Å²) in [7, 11) is 1.66. The molecule has 1 aliphatic carbocycles. The maximum Gasteiger partial charge on any atom is 0.241 e. The van der Waals surface area contributed by atoms with Crippen LogP contribution in [-0.4, -0.2) is 37.0 Å². The van der Waals surface area contributed by atoms with Gasteiger partial charge in [-0.05, 0) is 61.9 Å². The molecule has 4 rings (SSSR count). The van der Waals surface area contributed by atoms with Crippen LogP contribution in [0.3, 0.4) is 0 Å². The third kappa shape index (κ3) is 3.75. The monoisotopic (exact) mass is 350 g/mol. The topological polar surface area (TPSA) is 41.6 Å². The van der Waals surface area contributed by atoms with E-state index in [0.29, 0.717) is 0 Å². The normalized spacial score (nSPS) is 20.1. The lowest BCUT2D eigenvalue weighted by atomic mass is 10.0. The van der Waals surface area contributed by atoms with E-state index in [1.165, 1.54) is 12.8 Å². The Hall–Kier alpha value is -2.33. The van der Waals surface area contributed by atoms with Gasteiger partial charge in [0.2, 0.25) is 5.91 Å². The van der Waals surface area contributed by atoms with Gasteiger partial charge in [0, 0.05) is 17.8 Å². The molecule has 4 heteroatoms. The Balaban J connectivity index is 1.51. The summed E-state index contributed by atoms with van der Waals surface area (Å²) < 4.78 is 5.24. The number of hydrogen-bond acceptors (Lipinski definition) is 3. The molecule has 0 radical (unpaired) electrons.